The molecule has 6 heteroatoms. The lowest BCUT2D eigenvalue weighted by Gasteiger charge is -2.26. The predicted octanol–water partition coefficient (Wildman–Crippen LogP) is 2.28. The van der Waals surface area contributed by atoms with E-state index in [-0.39, 0.29) is 5.41 Å². The molecule has 0 bridgehead atoms. The second kappa shape index (κ2) is 7.31. The van der Waals surface area contributed by atoms with Crippen molar-refractivity contribution in [2.75, 3.05) is 55.4 Å². The number of thioether (sulfide) groups is 1. The molecule has 1 aliphatic heterocycles. The fraction of sp³-hybridized carbons (Fsp3) is 0.733. The van der Waals surface area contributed by atoms with E-state index in [4.69, 9.17) is 0 Å². The van der Waals surface area contributed by atoms with Crippen molar-refractivity contribution in [2.45, 2.75) is 26.2 Å². The Morgan fingerprint density at radius 3 is 2.48 bits per heavy atom. The zero-order valence-electron chi connectivity index (χ0n) is 13.6. The van der Waals surface area contributed by atoms with Crippen molar-refractivity contribution in [1.29, 1.82) is 0 Å². The summed E-state index contributed by atoms with van der Waals surface area (Å²) in [5, 5.41) is 6.55. The predicted molar refractivity (Wildman–Crippen MR) is 92.5 cm³/mol. The highest BCUT2D eigenvalue weighted by Crippen LogP contribution is 2.22. The number of rotatable bonds is 5. The molecule has 0 saturated carbocycles. The van der Waals surface area contributed by atoms with Gasteiger partial charge in [0.05, 0.1) is 0 Å². The van der Waals surface area contributed by atoms with Gasteiger partial charge in [0.2, 0.25) is 0 Å². The molecule has 21 heavy (non-hydrogen) atoms. The third-order valence-corrected chi connectivity index (χ3v) is 4.43. The molecule has 0 amide bonds. The van der Waals surface area contributed by atoms with E-state index < -0.39 is 0 Å². The zero-order chi connectivity index (χ0) is 15.3. The molecule has 118 valence electrons. The smallest absolute Gasteiger partial charge is 0.138 e. The number of aromatic nitrogens is 2. The Morgan fingerprint density at radius 2 is 1.86 bits per heavy atom. The van der Waals surface area contributed by atoms with E-state index in [0.29, 0.717) is 0 Å². The van der Waals surface area contributed by atoms with Crippen LogP contribution in [0, 0.1) is 0 Å². The minimum absolute atomic E-state index is 0.0482. The number of hydrogen-bond donors (Lipinski definition) is 2. The first kappa shape index (κ1) is 16.4. The summed E-state index contributed by atoms with van der Waals surface area (Å²) in [4.78, 5) is 11.7. The van der Waals surface area contributed by atoms with E-state index in [1.165, 1.54) is 24.6 Å². The van der Waals surface area contributed by atoms with Crippen LogP contribution in [0.2, 0.25) is 0 Å². The summed E-state index contributed by atoms with van der Waals surface area (Å²) in [6.45, 7) is 10.8. The first-order valence-electron chi connectivity index (χ1n) is 7.60. The monoisotopic (exact) mass is 309 g/mol. The quantitative estimate of drug-likeness (QED) is 0.870. The van der Waals surface area contributed by atoms with Crippen LogP contribution >= 0.6 is 11.8 Å². The van der Waals surface area contributed by atoms with Crippen LogP contribution in [0.1, 0.15) is 26.6 Å². The van der Waals surface area contributed by atoms with Crippen molar-refractivity contribution in [3.05, 3.63) is 11.9 Å². The van der Waals surface area contributed by atoms with Gasteiger partial charge in [-0.1, -0.05) is 20.8 Å². The molecule has 1 fully saturated rings. The van der Waals surface area contributed by atoms with Crippen molar-refractivity contribution in [3.8, 4) is 0 Å². The van der Waals surface area contributed by atoms with Crippen LogP contribution in [0.3, 0.4) is 0 Å². The van der Waals surface area contributed by atoms with Gasteiger partial charge in [-0.05, 0) is 0 Å². The van der Waals surface area contributed by atoms with Crippen LogP contribution in [0.15, 0.2) is 6.07 Å². The average Bonchev–Trinajstić information content (AvgIpc) is 2.47. The maximum Gasteiger partial charge on any atom is 0.138 e. The summed E-state index contributed by atoms with van der Waals surface area (Å²) in [7, 11) is 1.89. The molecule has 1 saturated heterocycles. The molecule has 1 aliphatic rings. The van der Waals surface area contributed by atoms with Gasteiger partial charge in [-0.3, -0.25) is 4.90 Å². The van der Waals surface area contributed by atoms with Crippen LogP contribution in [-0.4, -0.2) is 59.6 Å². The molecule has 2 N–H and O–H groups in total. The number of nitrogens with one attached hydrogen (secondary N) is 2. The maximum absolute atomic E-state index is 4.65. The molecular formula is C15H27N5S. The van der Waals surface area contributed by atoms with Crippen molar-refractivity contribution >= 4 is 23.4 Å². The SMILES string of the molecule is CNc1cc(NCCN2CCSCC2)nc(C(C)(C)C)n1. The Balaban J connectivity index is 1.95. The lowest BCUT2D eigenvalue weighted by Crippen LogP contribution is -2.36. The van der Waals surface area contributed by atoms with Crippen molar-refractivity contribution in [3.63, 3.8) is 0 Å². The summed E-state index contributed by atoms with van der Waals surface area (Å²) < 4.78 is 0. The molecule has 0 unspecified atom stereocenters. The Bertz CT molecular complexity index is 452. The lowest BCUT2D eigenvalue weighted by molar-refractivity contribution is 0.314. The van der Waals surface area contributed by atoms with E-state index in [1.54, 1.807) is 0 Å². The zero-order valence-corrected chi connectivity index (χ0v) is 14.4. The highest BCUT2D eigenvalue weighted by molar-refractivity contribution is 7.99. The first-order chi connectivity index (χ1) is 9.99. The van der Waals surface area contributed by atoms with Crippen LogP contribution < -0.4 is 10.6 Å². The average molecular weight is 309 g/mol. The maximum atomic E-state index is 4.65. The fourth-order valence-electron chi connectivity index (χ4n) is 2.17. The topological polar surface area (TPSA) is 53.1 Å². The minimum Gasteiger partial charge on any atom is -0.373 e. The van der Waals surface area contributed by atoms with Gasteiger partial charge in [0, 0.05) is 56.2 Å². The van der Waals surface area contributed by atoms with Crippen molar-refractivity contribution in [1.82, 2.24) is 14.9 Å². The van der Waals surface area contributed by atoms with Crippen LogP contribution in [0.4, 0.5) is 11.6 Å². The van der Waals surface area contributed by atoms with Crippen molar-refractivity contribution < 1.29 is 0 Å². The second-order valence-electron chi connectivity index (χ2n) is 6.34. The molecule has 0 radical (unpaired) electrons. The largest absolute Gasteiger partial charge is 0.373 e. The molecule has 2 heterocycles. The Kier molecular flexibility index (Phi) is 5.70. The molecule has 0 aromatic carbocycles. The van der Waals surface area contributed by atoms with E-state index in [0.717, 1.165) is 30.5 Å². The highest BCUT2D eigenvalue weighted by atomic mass is 32.2. The van der Waals surface area contributed by atoms with Gasteiger partial charge in [-0.25, -0.2) is 9.97 Å². The van der Waals surface area contributed by atoms with E-state index in [2.05, 4.69) is 46.3 Å². The number of nitrogens with zero attached hydrogens (tertiary/aromatic N) is 3. The molecule has 0 spiro atoms. The number of hydrogen-bond acceptors (Lipinski definition) is 6. The highest BCUT2D eigenvalue weighted by Gasteiger charge is 2.19. The first-order valence-corrected chi connectivity index (χ1v) is 8.76. The fourth-order valence-corrected chi connectivity index (χ4v) is 3.15. The molecule has 1 aromatic heterocycles. The summed E-state index contributed by atoms with van der Waals surface area (Å²) >= 11 is 2.05. The normalized spacial score (nSPS) is 16.8. The van der Waals surface area contributed by atoms with Crippen LogP contribution in [-0.2, 0) is 5.41 Å². The van der Waals surface area contributed by atoms with E-state index in [1.807, 2.05) is 24.9 Å². The molecular weight excluding hydrogens is 282 g/mol. The standard InChI is InChI=1S/C15H27N5S/c1-15(2,3)14-18-12(16-4)11-13(19-14)17-5-6-20-7-9-21-10-8-20/h11H,5-10H2,1-4H3,(H2,16,17,18,19). The Morgan fingerprint density at radius 1 is 1.19 bits per heavy atom. The van der Waals surface area contributed by atoms with Gasteiger partial charge < -0.3 is 10.6 Å². The summed E-state index contributed by atoms with van der Waals surface area (Å²) in [6, 6.07) is 1.97. The van der Waals surface area contributed by atoms with Gasteiger partial charge >= 0.3 is 0 Å². The molecule has 5 nitrogen and oxygen atoms in total. The molecule has 2 rings (SSSR count). The summed E-state index contributed by atoms with van der Waals surface area (Å²) in [6.07, 6.45) is 0. The second-order valence-corrected chi connectivity index (χ2v) is 7.57. The Labute approximate surface area is 132 Å². The third-order valence-electron chi connectivity index (χ3n) is 3.49. The Hall–Kier alpha value is -1.01. The van der Waals surface area contributed by atoms with Gasteiger partial charge in [0.15, 0.2) is 0 Å². The number of anilines is 2. The van der Waals surface area contributed by atoms with Crippen LogP contribution in [0.25, 0.3) is 0 Å². The summed E-state index contributed by atoms with van der Waals surface area (Å²) in [5.74, 6) is 5.15. The minimum atomic E-state index is -0.0482. The van der Waals surface area contributed by atoms with Gasteiger partial charge in [-0.15, -0.1) is 0 Å². The van der Waals surface area contributed by atoms with Crippen LogP contribution in [0.5, 0.6) is 0 Å². The van der Waals surface area contributed by atoms with Crippen molar-refractivity contribution in [2.24, 2.45) is 0 Å². The van der Waals surface area contributed by atoms with Gasteiger partial charge in [0.25, 0.3) is 0 Å². The van der Waals surface area contributed by atoms with Gasteiger partial charge in [0.1, 0.15) is 17.5 Å². The van der Waals surface area contributed by atoms with Gasteiger partial charge in [-0.2, -0.15) is 11.8 Å². The molecule has 0 atom stereocenters. The lowest BCUT2D eigenvalue weighted by atomic mass is 9.96. The molecule has 0 aliphatic carbocycles. The summed E-state index contributed by atoms with van der Waals surface area (Å²) in [5.41, 5.74) is -0.0482. The molecule has 1 aromatic rings. The third kappa shape index (κ3) is 5.04. The van der Waals surface area contributed by atoms with E-state index >= 15 is 0 Å². The van der Waals surface area contributed by atoms with E-state index in [9.17, 15) is 0 Å².